The number of carbonyl (C=O) groups excluding carboxylic acids is 1. The van der Waals surface area contributed by atoms with E-state index in [0.29, 0.717) is 18.7 Å². The molecule has 0 saturated heterocycles. The van der Waals surface area contributed by atoms with Crippen molar-refractivity contribution in [2.24, 2.45) is 5.73 Å². The van der Waals surface area contributed by atoms with Crippen LogP contribution in [0.15, 0.2) is 24.3 Å². The Labute approximate surface area is 125 Å². The van der Waals surface area contributed by atoms with E-state index in [1.54, 1.807) is 23.1 Å². The Morgan fingerprint density at radius 2 is 2.00 bits per heavy atom. The largest absolute Gasteiger partial charge is 0.383 e. The van der Waals surface area contributed by atoms with Crippen molar-refractivity contribution in [2.45, 2.75) is 12.6 Å². The quantitative estimate of drug-likeness (QED) is 0.767. The summed E-state index contributed by atoms with van der Waals surface area (Å²) in [5.41, 5.74) is 6.28. The summed E-state index contributed by atoms with van der Waals surface area (Å²) in [5.74, 6) is -0.553. The molecule has 5 nitrogen and oxygen atoms in total. The summed E-state index contributed by atoms with van der Waals surface area (Å²) in [7, 11) is 5.33. The van der Waals surface area contributed by atoms with Crippen molar-refractivity contribution in [3.8, 4) is 0 Å². The minimum atomic E-state index is -0.732. The molecule has 0 heterocycles. The predicted octanol–water partition coefficient (Wildman–Crippen LogP) is 0.690. The minimum Gasteiger partial charge on any atom is -0.383 e. The Morgan fingerprint density at radius 3 is 2.57 bits per heavy atom. The molecule has 0 radical (unpaired) electrons. The molecule has 0 fully saturated rings. The molecule has 1 aromatic rings. The van der Waals surface area contributed by atoms with E-state index in [1.807, 2.05) is 19.0 Å². The van der Waals surface area contributed by atoms with Crippen LogP contribution in [0.25, 0.3) is 0 Å². The topological polar surface area (TPSA) is 58.8 Å². The van der Waals surface area contributed by atoms with Gasteiger partial charge >= 0.3 is 0 Å². The molecule has 1 amide bonds. The van der Waals surface area contributed by atoms with Gasteiger partial charge in [-0.25, -0.2) is 4.39 Å². The summed E-state index contributed by atoms with van der Waals surface area (Å²) in [6.07, 6.45) is 0. The highest BCUT2D eigenvalue weighted by Gasteiger charge is 2.22. The van der Waals surface area contributed by atoms with Crippen molar-refractivity contribution in [3.63, 3.8) is 0 Å². The van der Waals surface area contributed by atoms with Crippen molar-refractivity contribution in [1.29, 1.82) is 0 Å². The molecule has 118 valence electrons. The second-order valence-electron chi connectivity index (χ2n) is 5.22. The normalized spacial score (nSPS) is 12.5. The van der Waals surface area contributed by atoms with Gasteiger partial charge in [-0.3, -0.25) is 4.79 Å². The average molecular weight is 297 g/mol. The first kappa shape index (κ1) is 17.6. The maximum atomic E-state index is 13.8. The number of rotatable bonds is 8. The lowest BCUT2D eigenvalue weighted by atomic mass is 10.1. The third-order valence-corrected chi connectivity index (χ3v) is 3.11. The molecule has 0 aliphatic heterocycles. The Kier molecular flexibility index (Phi) is 7.28. The van der Waals surface area contributed by atoms with E-state index in [1.165, 1.54) is 13.2 Å². The number of likely N-dealkylation sites (N-methyl/N-ethyl adjacent to an activating group) is 1. The summed E-state index contributed by atoms with van der Waals surface area (Å²) in [4.78, 5) is 15.9. The minimum absolute atomic E-state index is 0.147. The van der Waals surface area contributed by atoms with Gasteiger partial charge in [0, 0.05) is 32.3 Å². The van der Waals surface area contributed by atoms with Crippen LogP contribution in [0.5, 0.6) is 0 Å². The van der Waals surface area contributed by atoms with E-state index < -0.39 is 6.04 Å². The van der Waals surface area contributed by atoms with E-state index in [0.717, 1.165) is 0 Å². The van der Waals surface area contributed by atoms with Gasteiger partial charge in [0.05, 0.1) is 6.61 Å². The van der Waals surface area contributed by atoms with E-state index >= 15 is 0 Å². The molecular weight excluding hydrogens is 273 g/mol. The SMILES string of the molecule is COCC(N)C(=O)N(CCN(C)C)Cc1ccccc1F. The highest BCUT2D eigenvalue weighted by molar-refractivity contribution is 5.81. The van der Waals surface area contributed by atoms with Crippen LogP contribution in [0, 0.1) is 5.82 Å². The van der Waals surface area contributed by atoms with Crippen LogP contribution < -0.4 is 5.73 Å². The average Bonchev–Trinajstić information content (AvgIpc) is 2.44. The Morgan fingerprint density at radius 1 is 1.33 bits per heavy atom. The lowest BCUT2D eigenvalue weighted by molar-refractivity contribution is -0.134. The number of amides is 1. The monoisotopic (exact) mass is 297 g/mol. The molecular formula is C15H24FN3O2. The van der Waals surface area contributed by atoms with Crippen molar-refractivity contribution in [1.82, 2.24) is 9.80 Å². The third-order valence-electron chi connectivity index (χ3n) is 3.11. The number of benzene rings is 1. The second kappa shape index (κ2) is 8.71. The van der Waals surface area contributed by atoms with Gasteiger partial charge < -0.3 is 20.3 Å². The zero-order valence-corrected chi connectivity index (χ0v) is 12.9. The molecule has 6 heteroatoms. The first-order chi connectivity index (χ1) is 9.95. The lowest BCUT2D eigenvalue weighted by Crippen LogP contribution is -2.47. The highest BCUT2D eigenvalue weighted by atomic mass is 19.1. The maximum absolute atomic E-state index is 13.8. The van der Waals surface area contributed by atoms with Gasteiger partial charge in [0.2, 0.25) is 5.91 Å². The van der Waals surface area contributed by atoms with E-state index in [-0.39, 0.29) is 24.9 Å². The van der Waals surface area contributed by atoms with Crippen molar-refractivity contribution < 1.29 is 13.9 Å². The molecule has 0 saturated carbocycles. The summed E-state index contributed by atoms with van der Waals surface area (Å²) in [5, 5.41) is 0. The molecule has 1 aromatic carbocycles. The number of hydrogen-bond donors (Lipinski definition) is 1. The molecule has 1 atom stereocenters. The van der Waals surface area contributed by atoms with Crippen molar-refractivity contribution in [2.75, 3.05) is 40.9 Å². The fourth-order valence-corrected chi connectivity index (χ4v) is 1.91. The smallest absolute Gasteiger partial charge is 0.242 e. The molecule has 1 rings (SSSR count). The number of ether oxygens (including phenoxy) is 1. The highest BCUT2D eigenvalue weighted by Crippen LogP contribution is 2.11. The predicted molar refractivity (Wildman–Crippen MR) is 80.2 cm³/mol. The van der Waals surface area contributed by atoms with Gasteiger partial charge in [-0.2, -0.15) is 0 Å². The van der Waals surface area contributed by atoms with Gasteiger partial charge in [-0.15, -0.1) is 0 Å². The van der Waals surface area contributed by atoms with Gasteiger partial charge in [-0.05, 0) is 20.2 Å². The Bertz CT molecular complexity index is 454. The van der Waals surface area contributed by atoms with Crippen molar-refractivity contribution in [3.05, 3.63) is 35.6 Å². The molecule has 0 aromatic heterocycles. The molecule has 2 N–H and O–H groups in total. The molecule has 0 spiro atoms. The molecule has 1 unspecified atom stereocenters. The molecule has 21 heavy (non-hydrogen) atoms. The summed E-state index contributed by atoms with van der Waals surface area (Å²) >= 11 is 0. The fourth-order valence-electron chi connectivity index (χ4n) is 1.91. The van der Waals surface area contributed by atoms with Crippen LogP contribution in [-0.4, -0.2) is 62.7 Å². The summed E-state index contributed by atoms with van der Waals surface area (Å²) in [6.45, 7) is 1.52. The van der Waals surface area contributed by atoms with Gasteiger partial charge in [-0.1, -0.05) is 18.2 Å². The van der Waals surface area contributed by atoms with Gasteiger partial charge in [0.1, 0.15) is 11.9 Å². The lowest BCUT2D eigenvalue weighted by Gasteiger charge is -2.27. The van der Waals surface area contributed by atoms with Crippen LogP contribution in [0.4, 0.5) is 4.39 Å². The number of carbonyl (C=O) groups is 1. The van der Waals surface area contributed by atoms with Crippen LogP contribution in [-0.2, 0) is 16.1 Å². The first-order valence-corrected chi connectivity index (χ1v) is 6.87. The second-order valence-corrected chi connectivity index (χ2v) is 5.22. The van der Waals surface area contributed by atoms with E-state index in [9.17, 15) is 9.18 Å². The first-order valence-electron chi connectivity index (χ1n) is 6.87. The van der Waals surface area contributed by atoms with Gasteiger partial charge in [0.25, 0.3) is 0 Å². The number of halogens is 1. The standard InChI is InChI=1S/C15H24FN3O2/c1-18(2)8-9-19(15(20)14(17)11-21-3)10-12-6-4-5-7-13(12)16/h4-7,14H,8-11,17H2,1-3H3. The van der Waals surface area contributed by atoms with E-state index in [4.69, 9.17) is 10.5 Å². The zero-order valence-electron chi connectivity index (χ0n) is 12.9. The number of hydrogen-bond acceptors (Lipinski definition) is 4. The summed E-state index contributed by atoms with van der Waals surface area (Å²) in [6, 6.07) is 5.71. The number of nitrogens with zero attached hydrogens (tertiary/aromatic N) is 2. The molecule has 0 aliphatic carbocycles. The fraction of sp³-hybridized carbons (Fsp3) is 0.533. The van der Waals surface area contributed by atoms with Crippen LogP contribution >= 0.6 is 0 Å². The molecule has 0 aliphatic rings. The number of nitrogens with two attached hydrogens (primary N) is 1. The third kappa shape index (κ3) is 5.79. The number of methoxy groups -OCH3 is 1. The maximum Gasteiger partial charge on any atom is 0.242 e. The molecule has 0 bridgehead atoms. The van der Waals surface area contributed by atoms with Crippen LogP contribution in [0.1, 0.15) is 5.56 Å². The van der Waals surface area contributed by atoms with Crippen LogP contribution in [0.2, 0.25) is 0 Å². The summed E-state index contributed by atoms with van der Waals surface area (Å²) < 4.78 is 18.7. The Hall–Kier alpha value is -1.50. The van der Waals surface area contributed by atoms with Gasteiger partial charge in [0.15, 0.2) is 0 Å². The van der Waals surface area contributed by atoms with E-state index in [2.05, 4.69) is 0 Å². The Balaban J connectivity index is 2.81. The van der Waals surface area contributed by atoms with Crippen molar-refractivity contribution >= 4 is 5.91 Å². The zero-order chi connectivity index (χ0) is 15.8. The van der Waals surface area contributed by atoms with Crippen LogP contribution in [0.3, 0.4) is 0 Å².